The van der Waals surface area contributed by atoms with Crippen molar-refractivity contribution >= 4 is 5.97 Å². The highest BCUT2D eigenvalue weighted by Gasteiger charge is 2.08. The molecule has 0 saturated carbocycles. The van der Waals surface area contributed by atoms with Gasteiger partial charge in [-0.25, -0.2) is 4.68 Å². The SMILES string of the molecule is CCCCCCCCCCCCCCCC(=O)Oc1ccn(-c2cccc(C)c2)n1. The first-order chi connectivity index (χ1) is 14.7. The van der Waals surface area contributed by atoms with Gasteiger partial charge in [0, 0.05) is 18.7 Å². The number of aromatic nitrogens is 2. The summed E-state index contributed by atoms with van der Waals surface area (Å²) in [6, 6.07) is 9.81. The van der Waals surface area contributed by atoms with Crippen molar-refractivity contribution in [2.24, 2.45) is 0 Å². The third-order valence-corrected chi connectivity index (χ3v) is 5.53. The topological polar surface area (TPSA) is 44.1 Å². The molecule has 0 aliphatic carbocycles. The number of ether oxygens (including phenoxy) is 1. The standard InChI is InChI=1S/C26H40N2O2/c1-3-4-5-6-7-8-9-10-11-12-13-14-15-19-26(29)30-25-20-21-28(27-25)24-18-16-17-23(2)22-24/h16-18,20-22H,3-15,19H2,1-2H3. The molecule has 0 amide bonds. The molecule has 2 rings (SSSR count). The van der Waals surface area contributed by atoms with Crippen LogP contribution in [0.5, 0.6) is 5.88 Å². The summed E-state index contributed by atoms with van der Waals surface area (Å²) >= 11 is 0. The fourth-order valence-corrected chi connectivity index (χ4v) is 3.73. The zero-order valence-corrected chi connectivity index (χ0v) is 19.1. The van der Waals surface area contributed by atoms with Gasteiger partial charge in [-0.15, -0.1) is 5.10 Å². The van der Waals surface area contributed by atoms with E-state index in [1.54, 1.807) is 10.7 Å². The number of benzene rings is 1. The van der Waals surface area contributed by atoms with Crippen molar-refractivity contribution in [2.45, 2.75) is 104 Å². The maximum absolute atomic E-state index is 12.0. The highest BCUT2D eigenvalue weighted by molar-refractivity contribution is 5.71. The van der Waals surface area contributed by atoms with E-state index in [2.05, 4.69) is 12.0 Å². The molecule has 0 atom stereocenters. The Labute approximate surface area is 183 Å². The van der Waals surface area contributed by atoms with Crippen LogP contribution >= 0.6 is 0 Å². The molecule has 0 N–H and O–H groups in total. The predicted octanol–water partition coefficient (Wildman–Crippen LogP) is 7.57. The van der Waals surface area contributed by atoms with Crippen molar-refractivity contribution in [2.75, 3.05) is 0 Å². The second-order valence-electron chi connectivity index (χ2n) is 8.40. The summed E-state index contributed by atoms with van der Waals surface area (Å²) in [5.74, 6) is 0.184. The van der Waals surface area contributed by atoms with Crippen molar-refractivity contribution in [3.05, 3.63) is 42.1 Å². The summed E-state index contributed by atoms with van der Waals surface area (Å²) < 4.78 is 7.12. The van der Waals surface area contributed by atoms with Gasteiger partial charge in [0.2, 0.25) is 5.88 Å². The van der Waals surface area contributed by atoms with E-state index in [4.69, 9.17) is 4.74 Å². The van der Waals surface area contributed by atoms with Crippen LogP contribution in [0.1, 0.15) is 102 Å². The summed E-state index contributed by atoms with van der Waals surface area (Å²) in [6.45, 7) is 4.31. The number of rotatable bonds is 16. The van der Waals surface area contributed by atoms with Crippen molar-refractivity contribution in [3.8, 4) is 11.6 Å². The first-order valence-electron chi connectivity index (χ1n) is 12.0. The highest BCUT2D eigenvalue weighted by atomic mass is 16.5. The second kappa shape index (κ2) is 14.8. The van der Waals surface area contributed by atoms with E-state index >= 15 is 0 Å². The van der Waals surface area contributed by atoms with Gasteiger partial charge in [-0.3, -0.25) is 4.79 Å². The van der Waals surface area contributed by atoms with Crippen LogP contribution in [-0.2, 0) is 4.79 Å². The molecule has 0 aliphatic heterocycles. The lowest BCUT2D eigenvalue weighted by atomic mass is 10.0. The molecular formula is C26H40N2O2. The monoisotopic (exact) mass is 412 g/mol. The Hall–Kier alpha value is -2.10. The van der Waals surface area contributed by atoms with Gasteiger partial charge in [0.05, 0.1) is 5.69 Å². The van der Waals surface area contributed by atoms with Crippen LogP contribution in [0.3, 0.4) is 0 Å². The van der Waals surface area contributed by atoms with Gasteiger partial charge in [0.25, 0.3) is 0 Å². The first-order valence-corrected chi connectivity index (χ1v) is 12.0. The van der Waals surface area contributed by atoms with Crippen LogP contribution in [0, 0.1) is 6.92 Å². The van der Waals surface area contributed by atoms with Gasteiger partial charge in [0.15, 0.2) is 0 Å². The summed E-state index contributed by atoms with van der Waals surface area (Å²) in [4.78, 5) is 12.0. The zero-order valence-electron chi connectivity index (χ0n) is 19.1. The van der Waals surface area contributed by atoms with E-state index in [9.17, 15) is 4.79 Å². The number of carbonyl (C=O) groups is 1. The lowest BCUT2D eigenvalue weighted by Crippen LogP contribution is -2.08. The number of unbranched alkanes of at least 4 members (excludes halogenated alkanes) is 12. The van der Waals surface area contributed by atoms with Crippen molar-refractivity contribution in [1.29, 1.82) is 0 Å². The predicted molar refractivity (Wildman–Crippen MR) is 124 cm³/mol. The first kappa shape index (κ1) is 24.2. The van der Waals surface area contributed by atoms with Crippen LogP contribution in [0.25, 0.3) is 5.69 Å². The molecule has 0 fully saturated rings. The van der Waals surface area contributed by atoms with E-state index in [0.29, 0.717) is 12.3 Å². The minimum absolute atomic E-state index is 0.187. The van der Waals surface area contributed by atoms with Crippen molar-refractivity contribution in [3.63, 3.8) is 0 Å². The average Bonchev–Trinajstić information content (AvgIpc) is 3.20. The van der Waals surface area contributed by atoms with Gasteiger partial charge in [0.1, 0.15) is 0 Å². The lowest BCUT2D eigenvalue weighted by Gasteiger charge is -2.04. The normalized spacial score (nSPS) is 11.0. The molecule has 2 aromatic rings. The van der Waals surface area contributed by atoms with E-state index < -0.39 is 0 Å². The molecule has 1 heterocycles. The molecule has 0 bridgehead atoms. The van der Waals surface area contributed by atoms with Crippen molar-refractivity contribution < 1.29 is 9.53 Å². The zero-order chi connectivity index (χ0) is 21.4. The summed E-state index contributed by atoms with van der Waals surface area (Å²) in [5, 5.41) is 4.35. The van der Waals surface area contributed by atoms with E-state index in [1.807, 2.05) is 37.4 Å². The summed E-state index contributed by atoms with van der Waals surface area (Å²) in [6.07, 6.45) is 19.2. The van der Waals surface area contributed by atoms with Crippen LogP contribution in [-0.4, -0.2) is 15.7 Å². The maximum atomic E-state index is 12.0. The number of esters is 1. The lowest BCUT2D eigenvalue weighted by molar-refractivity contribution is -0.134. The molecule has 0 unspecified atom stereocenters. The average molecular weight is 413 g/mol. The summed E-state index contributed by atoms with van der Waals surface area (Å²) in [5.41, 5.74) is 2.14. The number of hydrogen-bond acceptors (Lipinski definition) is 3. The molecule has 4 nitrogen and oxygen atoms in total. The largest absolute Gasteiger partial charge is 0.406 e. The number of hydrogen-bond donors (Lipinski definition) is 0. The second-order valence-corrected chi connectivity index (χ2v) is 8.40. The number of carbonyl (C=O) groups excluding carboxylic acids is 1. The Morgan fingerprint density at radius 1 is 0.867 bits per heavy atom. The van der Waals surface area contributed by atoms with Gasteiger partial charge in [-0.1, -0.05) is 96.1 Å². The quantitative estimate of drug-likeness (QED) is 0.211. The minimum Gasteiger partial charge on any atom is -0.406 e. The molecule has 4 heteroatoms. The molecule has 0 radical (unpaired) electrons. The fourth-order valence-electron chi connectivity index (χ4n) is 3.73. The summed E-state index contributed by atoms with van der Waals surface area (Å²) in [7, 11) is 0. The Morgan fingerprint density at radius 2 is 1.47 bits per heavy atom. The Kier molecular flexibility index (Phi) is 11.9. The van der Waals surface area contributed by atoms with E-state index in [-0.39, 0.29) is 5.97 Å². The molecule has 0 aliphatic rings. The molecule has 0 spiro atoms. The van der Waals surface area contributed by atoms with Gasteiger partial charge >= 0.3 is 5.97 Å². The van der Waals surface area contributed by atoms with E-state index in [1.165, 1.54) is 76.2 Å². The Bertz CT molecular complexity index is 723. The van der Waals surface area contributed by atoms with Crippen LogP contribution in [0.4, 0.5) is 0 Å². The fraction of sp³-hybridized carbons (Fsp3) is 0.615. The highest BCUT2D eigenvalue weighted by Crippen LogP contribution is 2.15. The Balaban J connectivity index is 1.47. The van der Waals surface area contributed by atoms with Gasteiger partial charge in [-0.2, -0.15) is 0 Å². The number of aryl methyl sites for hydroxylation is 1. The van der Waals surface area contributed by atoms with Gasteiger partial charge < -0.3 is 4.74 Å². The molecular weight excluding hydrogens is 372 g/mol. The number of nitrogens with zero attached hydrogens (tertiary/aromatic N) is 2. The van der Waals surface area contributed by atoms with Crippen LogP contribution < -0.4 is 4.74 Å². The van der Waals surface area contributed by atoms with Crippen LogP contribution in [0.2, 0.25) is 0 Å². The molecule has 166 valence electrons. The van der Waals surface area contributed by atoms with Crippen molar-refractivity contribution in [1.82, 2.24) is 9.78 Å². The minimum atomic E-state index is -0.187. The third-order valence-electron chi connectivity index (χ3n) is 5.53. The Morgan fingerprint density at radius 3 is 2.07 bits per heavy atom. The smallest absolute Gasteiger partial charge is 0.312 e. The third kappa shape index (κ3) is 10.1. The molecule has 0 saturated heterocycles. The maximum Gasteiger partial charge on any atom is 0.312 e. The van der Waals surface area contributed by atoms with Crippen LogP contribution in [0.15, 0.2) is 36.5 Å². The molecule has 1 aromatic heterocycles. The molecule has 1 aromatic carbocycles. The van der Waals surface area contributed by atoms with E-state index in [0.717, 1.165) is 18.5 Å². The van der Waals surface area contributed by atoms with Gasteiger partial charge in [-0.05, 0) is 31.0 Å². The molecule has 30 heavy (non-hydrogen) atoms.